The van der Waals surface area contributed by atoms with Crippen LogP contribution in [0, 0.1) is 0 Å². The molecule has 8 aromatic carbocycles. The van der Waals surface area contributed by atoms with Crippen LogP contribution in [0.5, 0.6) is 0 Å². The Balaban J connectivity index is 1.58. The fourth-order valence-corrected chi connectivity index (χ4v) is 8.62. The normalized spacial score (nSPS) is 11.9. The molecule has 0 saturated heterocycles. The maximum absolute atomic E-state index is 7.22. The quantitative estimate of drug-likeness (QED) is 0.100. The van der Waals surface area contributed by atoms with Crippen molar-refractivity contribution < 1.29 is 4.42 Å². The summed E-state index contributed by atoms with van der Waals surface area (Å²) in [6.07, 6.45) is 0. The highest BCUT2D eigenvalue weighted by Crippen LogP contribution is 2.42. The van der Waals surface area contributed by atoms with Gasteiger partial charge in [-0.2, -0.15) is 0 Å². The molecule has 1 aromatic heterocycles. The fourth-order valence-electron chi connectivity index (χ4n) is 8.62. The van der Waals surface area contributed by atoms with Crippen LogP contribution in [0.15, 0.2) is 46.9 Å². The minimum Gasteiger partial charge on any atom is -0.456 e. The summed E-state index contributed by atoms with van der Waals surface area (Å²) >= 11 is 0. The van der Waals surface area contributed by atoms with Gasteiger partial charge in [-0.25, -0.2) is 0 Å². The van der Waals surface area contributed by atoms with Crippen molar-refractivity contribution in [2.24, 2.45) is 0 Å². The molecule has 0 fully saturated rings. The Morgan fingerprint density at radius 2 is 0.621 bits per heavy atom. The molecule has 0 saturated carbocycles. The van der Waals surface area contributed by atoms with Gasteiger partial charge in [0, 0.05) is 10.8 Å². The summed E-state index contributed by atoms with van der Waals surface area (Å²) in [6.45, 7) is 0. The van der Waals surface area contributed by atoms with Crippen molar-refractivity contribution in [2.45, 2.75) is 0 Å². The van der Waals surface area contributed by atoms with Gasteiger partial charge < -0.3 is 4.42 Å². The average Bonchev–Trinajstić information content (AvgIpc) is 3.59. The number of rotatable bonds is 2. The lowest BCUT2D eigenvalue weighted by atomic mass is 9.56. The van der Waals surface area contributed by atoms with E-state index in [9.17, 15) is 0 Å². The second-order valence-electron chi connectivity index (χ2n) is 14.5. The first-order valence-electron chi connectivity index (χ1n) is 17.6. The first-order valence-corrected chi connectivity index (χ1v) is 17.6. The number of hydrogen-bond donors (Lipinski definition) is 0. The molecule has 0 aliphatic carbocycles. The zero-order chi connectivity index (χ0) is 41.7. The van der Waals surface area contributed by atoms with Crippen LogP contribution in [0.25, 0.3) is 87.3 Å². The van der Waals surface area contributed by atoms with Gasteiger partial charge in [-0.05, 0) is 83.5 Å². The van der Waals surface area contributed by atoms with Crippen molar-refractivity contribution in [1.29, 1.82) is 0 Å². The van der Waals surface area contributed by atoms with Crippen molar-refractivity contribution >= 4 is 291 Å². The fraction of sp³-hybridized carbons (Fsp3) is 0. The van der Waals surface area contributed by atoms with Crippen molar-refractivity contribution in [3.8, 4) is 22.3 Å². The summed E-state index contributed by atoms with van der Waals surface area (Å²) in [4.78, 5) is 0. The Morgan fingerprint density at radius 3 is 1.12 bits per heavy atom. The van der Waals surface area contributed by atoms with Crippen molar-refractivity contribution in [2.75, 3.05) is 0 Å². The molecule has 18 heteroatoms. The van der Waals surface area contributed by atoms with E-state index in [0.29, 0.717) is 33.1 Å². The minimum atomic E-state index is -0.0628. The van der Waals surface area contributed by atoms with Crippen LogP contribution in [-0.4, -0.2) is 133 Å². The molecular weight excluding hydrogens is 680 g/mol. The Hall–Kier alpha value is -4.30. The molecule has 1 nitrogen and oxygen atoms in total. The van der Waals surface area contributed by atoms with Crippen molar-refractivity contribution in [3.63, 3.8) is 0 Å². The van der Waals surface area contributed by atoms with Crippen LogP contribution in [-0.2, 0) is 0 Å². The zero-order valence-electron chi connectivity index (χ0n) is 30.8. The van der Waals surface area contributed by atoms with Gasteiger partial charge in [0.05, 0.1) is 0 Å². The molecule has 224 valence electrons. The van der Waals surface area contributed by atoms with Crippen LogP contribution >= 0.6 is 0 Å². The van der Waals surface area contributed by atoms with E-state index in [-0.39, 0.29) is 136 Å². The van der Waals surface area contributed by atoms with Gasteiger partial charge >= 0.3 is 0 Å². The van der Waals surface area contributed by atoms with Crippen molar-refractivity contribution in [3.05, 3.63) is 42.5 Å². The van der Waals surface area contributed by atoms with E-state index in [1.165, 1.54) is 0 Å². The van der Waals surface area contributed by atoms with Gasteiger partial charge in [-0.15, -0.1) is 32.8 Å². The maximum atomic E-state index is 7.22. The van der Waals surface area contributed by atoms with E-state index >= 15 is 0 Å². The summed E-state index contributed by atoms with van der Waals surface area (Å²) in [6, 6.07) is 13.2. The molecular formula is C40H7B17O. The molecule has 0 unspecified atom stereocenters. The lowest BCUT2D eigenvalue weighted by molar-refractivity contribution is 0.669. The lowest BCUT2D eigenvalue weighted by Crippen LogP contribution is -2.51. The van der Waals surface area contributed by atoms with Gasteiger partial charge in [0.2, 0.25) is 0 Å². The van der Waals surface area contributed by atoms with Gasteiger partial charge in [0.25, 0.3) is 0 Å². The Morgan fingerprint density at radius 1 is 0.259 bits per heavy atom. The van der Waals surface area contributed by atoms with Crippen LogP contribution in [0.1, 0.15) is 0 Å². The first kappa shape index (κ1) is 39.2. The third-order valence-electron chi connectivity index (χ3n) is 11.6. The average molecular weight is 687 g/mol. The van der Waals surface area contributed by atoms with E-state index < -0.39 is 0 Å². The predicted octanol–water partition coefficient (Wildman–Crippen LogP) is -8.97. The molecule has 0 aliphatic rings. The largest absolute Gasteiger partial charge is 0.456 e. The molecule has 0 spiro atoms. The second kappa shape index (κ2) is 13.4. The van der Waals surface area contributed by atoms with E-state index in [1.807, 2.05) is 42.5 Å². The Kier molecular flexibility index (Phi) is 9.02. The number of hydrogen-bond acceptors (Lipinski definition) is 1. The molecule has 9 aromatic rings. The zero-order valence-corrected chi connectivity index (χ0v) is 30.8. The second-order valence-corrected chi connectivity index (χ2v) is 14.5. The number of para-hydroxylation sites is 1. The molecule has 0 atom stereocenters. The van der Waals surface area contributed by atoms with E-state index in [0.717, 1.165) is 10.8 Å². The lowest BCUT2D eigenvalue weighted by Gasteiger charge is -2.31. The monoisotopic (exact) mass is 690 g/mol. The summed E-state index contributed by atoms with van der Waals surface area (Å²) in [5.74, 6) is 0. The smallest absolute Gasteiger partial charge is 0.135 e. The van der Waals surface area contributed by atoms with Crippen LogP contribution in [0.3, 0.4) is 0 Å². The highest BCUT2D eigenvalue weighted by atomic mass is 16.3. The molecule has 34 radical (unpaired) electrons. The molecule has 0 amide bonds. The van der Waals surface area contributed by atoms with Crippen molar-refractivity contribution in [1.82, 2.24) is 0 Å². The van der Waals surface area contributed by atoms with Gasteiger partial charge in [-0.3, -0.25) is 0 Å². The molecule has 9 rings (SSSR count). The minimum absolute atomic E-state index is 0.00195. The Bertz CT molecular complexity index is 3340. The predicted molar refractivity (Wildman–Crippen MR) is 266 cm³/mol. The standard InChI is InChI=1S/C40H7B17O/c41-24-21(31(48)25(42)19-20-23(33(50)32(49)22(19)24)34(51)40(57)39(56)30(20)47)14-17-15(26(43)35(52)37(54)28(17)45)13(16-18(14)29(46)38(55)36(53)27(16)44)8-5-6-12-10(7-8)9-3-1-2-4-11(9)58-12/h1-7H. The highest BCUT2D eigenvalue weighted by molar-refractivity contribution is 6.76. The molecule has 0 N–H and O–H groups in total. The van der Waals surface area contributed by atoms with Gasteiger partial charge in [0.1, 0.15) is 145 Å². The van der Waals surface area contributed by atoms with E-state index in [2.05, 4.69) is 0 Å². The van der Waals surface area contributed by atoms with E-state index in [1.54, 1.807) is 0 Å². The van der Waals surface area contributed by atoms with Crippen LogP contribution in [0.2, 0.25) is 0 Å². The first-order chi connectivity index (χ1) is 27.4. The number of furan rings is 1. The van der Waals surface area contributed by atoms with Crippen LogP contribution in [0.4, 0.5) is 0 Å². The van der Waals surface area contributed by atoms with Gasteiger partial charge in [-0.1, -0.05) is 84.4 Å². The maximum Gasteiger partial charge on any atom is 0.135 e. The topological polar surface area (TPSA) is 13.1 Å². The third-order valence-corrected chi connectivity index (χ3v) is 11.6. The number of fused-ring (bicyclic) bond motifs is 8. The molecule has 1 heterocycles. The van der Waals surface area contributed by atoms with Gasteiger partial charge in [0.15, 0.2) is 0 Å². The summed E-state index contributed by atoms with van der Waals surface area (Å²) in [7, 11) is 115. The molecule has 0 bridgehead atoms. The highest BCUT2D eigenvalue weighted by Gasteiger charge is 2.28. The van der Waals surface area contributed by atoms with Crippen LogP contribution < -0.4 is 92.9 Å². The SMILES string of the molecule is [B]c1c([B])c([B])c2c(-c3c([B])c([B])c4c(c3[B])c([B])c([B])c3c([B])c([B])c([B])c([B])c34)c3c([B])c([B])c([B])c([B])c3c(-c3ccc4oc5ccccc5c4c3)c2c1[B]. The Labute approximate surface area is 358 Å². The molecule has 0 aliphatic heterocycles. The number of benzene rings is 8. The molecule has 58 heavy (non-hydrogen) atoms. The van der Waals surface area contributed by atoms with E-state index in [4.69, 9.17) is 138 Å². The summed E-state index contributed by atoms with van der Waals surface area (Å²) in [5.41, 5.74) is 2.72. The summed E-state index contributed by atoms with van der Waals surface area (Å²) < 4.78 is 6.15. The summed E-state index contributed by atoms with van der Waals surface area (Å²) in [5, 5.41) is 3.61. The third kappa shape index (κ3) is 4.96.